The molecule has 0 radical (unpaired) electrons. The lowest BCUT2D eigenvalue weighted by molar-refractivity contribution is -0.123. The average molecular weight is 396 g/mol. The van der Waals surface area contributed by atoms with Gasteiger partial charge in [0, 0.05) is 18.2 Å². The standard InChI is InChI=1S/C23H29N3O3/c1-29-21-10-6-5-7-18(21)11-14-24-22(27)17-26-15-12-19(13-16-26)23(28)25-20-8-3-2-4-9-20/h2-10,19H,11-17H2,1H3,(H,24,27)(H,25,28). The normalized spacial score (nSPS) is 14.9. The van der Waals surface area contributed by atoms with Crippen LogP contribution in [0.1, 0.15) is 18.4 Å². The van der Waals surface area contributed by atoms with Gasteiger partial charge < -0.3 is 15.4 Å². The second kappa shape index (κ2) is 10.6. The smallest absolute Gasteiger partial charge is 0.234 e. The van der Waals surface area contributed by atoms with Gasteiger partial charge in [0.2, 0.25) is 11.8 Å². The molecule has 6 nitrogen and oxygen atoms in total. The Kier molecular flexibility index (Phi) is 7.64. The van der Waals surface area contributed by atoms with Crippen molar-refractivity contribution in [2.24, 2.45) is 5.92 Å². The third-order valence-corrected chi connectivity index (χ3v) is 5.28. The largest absolute Gasteiger partial charge is 0.496 e. The molecular formula is C23H29N3O3. The van der Waals surface area contributed by atoms with Crippen molar-refractivity contribution in [1.82, 2.24) is 10.2 Å². The zero-order valence-corrected chi connectivity index (χ0v) is 16.9. The van der Waals surface area contributed by atoms with E-state index in [9.17, 15) is 9.59 Å². The van der Waals surface area contributed by atoms with Gasteiger partial charge in [-0.25, -0.2) is 0 Å². The highest BCUT2D eigenvalue weighted by Gasteiger charge is 2.25. The average Bonchev–Trinajstić information content (AvgIpc) is 2.75. The second-order valence-electron chi connectivity index (χ2n) is 7.32. The number of carbonyl (C=O) groups excluding carboxylic acids is 2. The first-order valence-corrected chi connectivity index (χ1v) is 10.1. The summed E-state index contributed by atoms with van der Waals surface area (Å²) in [4.78, 5) is 26.8. The Hall–Kier alpha value is -2.86. The molecule has 0 unspecified atom stereocenters. The Labute approximate surface area is 172 Å². The summed E-state index contributed by atoms with van der Waals surface area (Å²) < 4.78 is 5.34. The number of nitrogens with one attached hydrogen (secondary N) is 2. The van der Waals surface area contributed by atoms with Crippen LogP contribution in [0, 0.1) is 5.92 Å². The minimum Gasteiger partial charge on any atom is -0.496 e. The summed E-state index contributed by atoms with van der Waals surface area (Å²) in [6.07, 6.45) is 2.28. The number of amides is 2. The number of nitrogens with zero attached hydrogens (tertiary/aromatic N) is 1. The third kappa shape index (κ3) is 6.32. The van der Waals surface area contributed by atoms with Crippen LogP contribution in [0.4, 0.5) is 5.69 Å². The van der Waals surface area contributed by atoms with E-state index in [1.165, 1.54) is 0 Å². The van der Waals surface area contributed by atoms with Gasteiger partial charge in [-0.05, 0) is 56.1 Å². The lowest BCUT2D eigenvalue weighted by atomic mass is 9.96. The van der Waals surface area contributed by atoms with E-state index in [0.29, 0.717) is 13.1 Å². The maximum absolute atomic E-state index is 12.4. The molecule has 2 aromatic carbocycles. The van der Waals surface area contributed by atoms with Gasteiger partial charge in [0.15, 0.2) is 0 Å². The first-order valence-electron chi connectivity index (χ1n) is 10.1. The van der Waals surface area contributed by atoms with Crippen LogP contribution in [0.5, 0.6) is 5.75 Å². The van der Waals surface area contributed by atoms with E-state index in [0.717, 1.165) is 49.4 Å². The molecule has 154 valence electrons. The molecule has 6 heteroatoms. The molecule has 29 heavy (non-hydrogen) atoms. The highest BCUT2D eigenvalue weighted by atomic mass is 16.5. The van der Waals surface area contributed by atoms with Crippen molar-refractivity contribution in [2.45, 2.75) is 19.3 Å². The number of ether oxygens (including phenoxy) is 1. The summed E-state index contributed by atoms with van der Waals surface area (Å²) in [6.45, 7) is 2.47. The Bertz CT molecular complexity index is 802. The second-order valence-corrected chi connectivity index (χ2v) is 7.32. The first kappa shape index (κ1) is 20.9. The third-order valence-electron chi connectivity index (χ3n) is 5.28. The van der Waals surface area contributed by atoms with E-state index in [1.807, 2.05) is 54.6 Å². The van der Waals surface area contributed by atoms with Crippen LogP contribution in [0.25, 0.3) is 0 Å². The van der Waals surface area contributed by atoms with Gasteiger partial charge in [-0.1, -0.05) is 36.4 Å². The van der Waals surface area contributed by atoms with Gasteiger partial charge >= 0.3 is 0 Å². The fraction of sp³-hybridized carbons (Fsp3) is 0.391. The molecule has 3 rings (SSSR count). The number of methoxy groups -OCH3 is 1. The molecule has 1 aliphatic rings. The molecular weight excluding hydrogens is 366 g/mol. The van der Waals surface area contributed by atoms with Crippen LogP contribution in [-0.2, 0) is 16.0 Å². The molecule has 0 saturated carbocycles. The van der Waals surface area contributed by atoms with Crippen LogP contribution in [0.15, 0.2) is 54.6 Å². The minimum absolute atomic E-state index is 0.0000582. The summed E-state index contributed by atoms with van der Waals surface area (Å²) in [5, 5.41) is 5.95. The van der Waals surface area contributed by atoms with E-state index >= 15 is 0 Å². The number of hydrogen-bond donors (Lipinski definition) is 2. The monoisotopic (exact) mass is 395 g/mol. The lowest BCUT2D eigenvalue weighted by Crippen LogP contribution is -2.43. The quantitative estimate of drug-likeness (QED) is 0.721. The fourth-order valence-electron chi connectivity index (χ4n) is 3.62. The fourth-order valence-corrected chi connectivity index (χ4v) is 3.62. The number of likely N-dealkylation sites (tertiary alicyclic amines) is 1. The highest BCUT2D eigenvalue weighted by Crippen LogP contribution is 2.19. The summed E-state index contributed by atoms with van der Waals surface area (Å²) in [6, 6.07) is 17.4. The first-order chi connectivity index (χ1) is 14.2. The topological polar surface area (TPSA) is 70.7 Å². The SMILES string of the molecule is COc1ccccc1CCNC(=O)CN1CCC(C(=O)Nc2ccccc2)CC1. The van der Waals surface area contributed by atoms with Crippen LogP contribution in [-0.4, -0.2) is 50.0 Å². The van der Waals surface area contributed by atoms with Crippen LogP contribution in [0.2, 0.25) is 0 Å². The van der Waals surface area contributed by atoms with Gasteiger partial charge in [-0.2, -0.15) is 0 Å². The van der Waals surface area contributed by atoms with Crippen molar-refractivity contribution < 1.29 is 14.3 Å². The van der Waals surface area contributed by atoms with Gasteiger partial charge in [0.1, 0.15) is 5.75 Å². The van der Waals surface area contributed by atoms with Crippen molar-refractivity contribution in [3.63, 3.8) is 0 Å². The van der Waals surface area contributed by atoms with Crippen molar-refractivity contribution in [3.05, 3.63) is 60.2 Å². The highest BCUT2D eigenvalue weighted by molar-refractivity contribution is 5.92. The van der Waals surface area contributed by atoms with Gasteiger partial charge in [0.05, 0.1) is 13.7 Å². The Balaban J connectivity index is 1.35. The van der Waals surface area contributed by atoms with Crippen molar-refractivity contribution in [3.8, 4) is 5.75 Å². The van der Waals surface area contributed by atoms with E-state index in [2.05, 4.69) is 15.5 Å². The van der Waals surface area contributed by atoms with E-state index in [1.54, 1.807) is 7.11 Å². The molecule has 2 N–H and O–H groups in total. The van der Waals surface area contributed by atoms with E-state index in [-0.39, 0.29) is 17.7 Å². The molecule has 0 atom stereocenters. The number of hydrogen-bond acceptors (Lipinski definition) is 4. The molecule has 1 saturated heterocycles. The van der Waals surface area contributed by atoms with Gasteiger partial charge in [-0.15, -0.1) is 0 Å². The number of benzene rings is 2. The maximum Gasteiger partial charge on any atom is 0.234 e. The summed E-state index contributed by atoms with van der Waals surface area (Å²) in [5.74, 6) is 0.932. The molecule has 0 spiro atoms. The molecule has 1 heterocycles. The number of para-hydroxylation sites is 2. The Morgan fingerprint density at radius 3 is 2.45 bits per heavy atom. The Morgan fingerprint density at radius 2 is 1.72 bits per heavy atom. The molecule has 2 aromatic rings. The number of piperidine rings is 1. The summed E-state index contributed by atoms with van der Waals surface area (Å²) >= 11 is 0. The number of rotatable bonds is 8. The zero-order chi connectivity index (χ0) is 20.5. The molecule has 0 bridgehead atoms. The number of anilines is 1. The molecule has 0 aliphatic carbocycles. The summed E-state index contributed by atoms with van der Waals surface area (Å²) in [5.41, 5.74) is 1.91. The minimum atomic E-state index is 0.0000582. The molecule has 1 fully saturated rings. The van der Waals surface area contributed by atoms with Crippen molar-refractivity contribution >= 4 is 17.5 Å². The van der Waals surface area contributed by atoms with Gasteiger partial charge in [0.25, 0.3) is 0 Å². The zero-order valence-electron chi connectivity index (χ0n) is 16.9. The van der Waals surface area contributed by atoms with E-state index < -0.39 is 0 Å². The lowest BCUT2D eigenvalue weighted by Gasteiger charge is -2.30. The van der Waals surface area contributed by atoms with Crippen LogP contribution >= 0.6 is 0 Å². The van der Waals surface area contributed by atoms with E-state index in [4.69, 9.17) is 4.74 Å². The molecule has 0 aromatic heterocycles. The molecule has 1 aliphatic heterocycles. The maximum atomic E-state index is 12.4. The predicted molar refractivity (Wildman–Crippen MR) is 114 cm³/mol. The van der Waals surface area contributed by atoms with Crippen molar-refractivity contribution in [2.75, 3.05) is 38.6 Å². The van der Waals surface area contributed by atoms with Crippen LogP contribution in [0.3, 0.4) is 0 Å². The Morgan fingerprint density at radius 1 is 1.03 bits per heavy atom. The predicted octanol–water partition coefficient (Wildman–Crippen LogP) is 2.70. The van der Waals surface area contributed by atoms with Crippen molar-refractivity contribution in [1.29, 1.82) is 0 Å². The van der Waals surface area contributed by atoms with Gasteiger partial charge in [-0.3, -0.25) is 14.5 Å². The summed E-state index contributed by atoms with van der Waals surface area (Å²) in [7, 11) is 1.65. The number of carbonyl (C=O) groups is 2. The van der Waals surface area contributed by atoms with Crippen LogP contribution < -0.4 is 15.4 Å². The molecule has 2 amide bonds.